The van der Waals surface area contributed by atoms with Crippen LogP contribution in [0.1, 0.15) is 119 Å². The number of benzene rings is 1. The zero-order valence-corrected chi connectivity index (χ0v) is 32.1. The van der Waals surface area contributed by atoms with Gasteiger partial charge in [-0.05, 0) is 69.5 Å². The number of ether oxygens (including phenoxy) is 1. The van der Waals surface area contributed by atoms with E-state index in [0.717, 1.165) is 50.6 Å². The Labute approximate surface area is 311 Å². The van der Waals surface area contributed by atoms with Gasteiger partial charge in [0.2, 0.25) is 11.8 Å². The number of carboxylic acid groups (broad SMARTS) is 1. The molecule has 2 unspecified atom stereocenters. The maximum absolute atomic E-state index is 14.2. The van der Waals surface area contributed by atoms with Crippen molar-refractivity contribution >= 4 is 41.0 Å². The van der Waals surface area contributed by atoms with Crippen LogP contribution in [-0.2, 0) is 23.9 Å². The maximum atomic E-state index is 14.2. The first-order valence-electron chi connectivity index (χ1n) is 18.7. The molecule has 1 aromatic carbocycles. The van der Waals surface area contributed by atoms with Crippen LogP contribution in [0.3, 0.4) is 0 Å². The number of thiazole rings is 1. The van der Waals surface area contributed by atoms with Gasteiger partial charge in [-0.25, -0.2) is 4.98 Å². The van der Waals surface area contributed by atoms with E-state index in [4.69, 9.17) is 4.74 Å². The normalized spacial score (nSPS) is 24.1. The highest BCUT2D eigenvalue weighted by Gasteiger charge is 2.57. The number of aromatic nitrogens is 1. The summed E-state index contributed by atoms with van der Waals surface area (Å²) in [7, 11) is 3.71. The summed E-state index contributed by atoms with van der Waals surface area (Å²) in [6, 6.07) is 8.49. The Morgan fingerprint density at radius 1 is 1.08 bits per heavy atom. The van der Waals surface area contributed by atoms with Gasteiger partial charge in [0.15, 0.2) is 6.10 Å². The van der Waals surface area contributed by atoms with Gasteiger partial charge in [0.1, 0.15) is 16.7 Å². The first-order valence-corrected chi connectivity index (χ1v) is 19.6. The van der Waals surface area contributed by atoms with Gasteiger partial charge in [0.25, 0.3) is 5.91 Å². The fourth-order valence-corrected chi connectivity index (χ4v) is 8.83. The van der Waals surface area contributed by atoms with Gasteiger partial charge in [-0.1, -0.05) is 63.9 Å². The zero-order chi connectivity index (χ0) is 37.7. The first-order chi connectivity index (χ1) is 24.7. The molecule has 1 aromatic heterocycles. The largest absolute Gasteiger partial charge is 0.481 e. The van der Waals surface area contributed by atoms with Gasteiger partial charge < -0.3 is 25.4 Å². The molecule has 2 aromatic rings. The number of likely N-dealkylation sites (tertiary alicyclic amines) is 1. The van der Waals surface area contributed by atoms with Gasteiger partial charge in [0.05, 0.1) is 12.0 Å². The molecular formula is C39H55N5O7S. The lowest BCUT2D eigenvalue weighted by Gasteiger charge is -2.41. The molecule has 52 heavy (non-hydrogen) atoms. The number of esters is 1. The van der Waals surface area contributed by atoms with E-state index in [1.54, 1.807) is 24.3 Å². The standard InChI is InChI=1S/C39H55N5O7S/c1-23(2)31(44(6)37(48)33(27-15-12-16-27)41-35(47)30-17-10-11-18-43(30)5)19-32(51-25(4)45)36-40-29(22-52-36)34(46)42-39(20-24(3)38(49)50)21-28(39)26-13-8-7-9-14-26/h7-9,13-14,22-24,27-28,30-33H,10-12,15-21H2,1-6H3,(H,41,47)(H,42,46)(H,49,50)/t24-,28?,30+,31+,32+,33-,39?/m0/s1. The van der Waals surface area contributed by atoms with Crippen molar-refractivity contribution in [2.24, 2.45) is 17.8 Å². The summed E-state index contributed by atoms with van der Waals surface area (Å²) in [6.07, 6.45) is 5.90. The fraction of sp³-hybridized carbons (Fsp3) is 0.641. The van der Waals surface area contributed by atoms with Crippen molar-refractivity contribution in [3.63, 3.8) is 0 Å². The molecule has 3 aliphatic rings. The van der Waals surface area contributed by atoms with Crippen LogP contribution >= 0.6 is 11.3 Å². The van der Waals surface area contributed by atoms with Crippen molar-refractivity contribution in [1.82, 2.24) is 25.4 Å². The second-order valence-corrected chi connectivity index (χ2v) is 16.4. The number of hydrogen-bond donors (Lipinski definition) is 3. The Morgan fingerprint density at radius 2 is 1.79 bits per heavy atom. The number of hydrogen-bond acceptors (Lipinski definition) is 9. The average molecular weight is 738 g/mol. The second kappa shape index (κ2) is 16.9. The topological polar surface area (TPSA) is 158 Å². The van der Waals surface area contributed by atoms with E-state index in [0.29, 0.717) is 11.4 Å². The van der Waals surface area contributed by atoms with Crippen LogP contribution in [-0.4, -0.2) is 93.9 Å². The summed E-state index contributed by atoms with van der Waals surface area (Å²) in [5.74, 6) is -2.76. The molecule has 3 fully saturated rings. The highest BCUT2D eigenvalue weighted by Crippen LogP contribution is 2.55. The van der Waals surface area contributed by atoms with Crippen LogP contribution < -0.4 is 10.6 Å². The molecule has 5 rings (SSSR count). The smallest absolute Gasteiger partial charge is 0.306 e. The van der Waals surface area contributed by atoms with Crippen molar-refractivity contribution in [1.29, 1.82) is 0 Å². The molecule has 13 heteroatoms. The van der Waals surface area contributed by atoms with Crippen molar-refractivity contribution in [3.05, 3.63) is 52.0 Å². The minimum absolute atomic E-state index is 0.0247. The summed E-state index contributed by atoms with van der Waals surface area (Å²) in [6.45, 7) is 7.83. The number of piperidine rings is 1. The summed E-state index contributed by atoms with van der Waals surface area (Å²) < 4.78 is 5.80. The molecule has 0 bridgehead atoms. The fourth-order valence-electron chi connectivity index (χ4n) is 8.00. The molecule has 2 heterocycles. The Bertz CT molecular complexity index is 1600. The third-order valence-corrected chi connectivity index (χ3v) is 12.3. The Morgan fingerprint density at radius 3 is 2.38 bits per heavy atom. The van der Waals surface area contributed by atoms with E-state index in [1.807, 2.05) is 51.2 Å². The van der Waals surface area contributed by atoms with Crippen LogP contribution in [0.5, 0.6) is 0 Å². The predicted molar refractivity (Wildman–Crippen MR) is 198 cm³/mol. The third kappa shape index (κ3) is 9.20. The number of nitrogens with one attached hydrogen (secondary N) is 2. The molecule has 1 aliphatic heterocycles. The minimum Gasteiger partial charge on any atom is -0.481 e. The van der Waals surface area contributed by atoms with Crippen LogP contribution in [0.4, 0.5) is 0 Å². The molecule has 0 spiro atoms. The number of carbonyl (C=O) groups is 5. The predicted octanol–water partition coefficient (Wildman–Crippen LogP) is 5.16. The van der Waals surface area contributed by atoms with Gasteiger partial charge in [0, 0.05) is 43.3 Å². The maximum Gasteiger partial charge on any atom is 0.306 e. The third-order valence-electron chi connectivity index (χ3n) is 11.4. The molecule has 3 amide bonds. The van der Waals surface area contributed by atoms with E-state index in [9.17, 15) is 29.1 Å². The van der Waals surface area contributed by atoms with Crippen molar-refractivity contribution < 1.29 is 33.8 Å². The summed E-state index contributed by atoms with van der Waals surface area (Å²) in [5.41, 5.74) is 0.470. The molecular weight excluding hydrogens is 683 g/mol. The minimum atomic E-state index is -0.922. The lowest BCUT2D eigenvalue weighted by Crippen LogP contribution is -2.59. The monoisotopic (exact) mass is 737 g/mol. The number of nitrogens with zero attached hydrogens (tertiary/aromatic N) is 3. The number of likely N-dealkylation sites (N-methyl/N-ethyl adjacent to an activating group) is 2. The number of aliphatic carboxylic acids is 1. The zero-order valence-electron chi connectivity index (χ0n) is 31.3. The van der Waals surface area contributed by atoms with Crippen LogP contribution in [0.2, 0.25) is 0 Å². The summed E-state index contributed by atoms with van der Waals surface area (Å²) in [4.78, 5) is 74.0. The second-order valence-electron chi connectivity index (χ2n) is 15.6. The molecule has 12 nitrogen and oxygen atoms in total. The lowest BCUT2D eigenvalue weighted by atomic mass is 9.78. The van der Waals surface area contributed by atoms with E-state index in [1.165, 1.54) is 18.3 Å². The Balaban J connectivity index is 1.31. The SMILES string of the molecule is CC(=O)O[C@H](C[C@H](C(C)C)N(C)C(=O)[C@@H](NC(=O)[C@H]1CCCCN1C)C1CCC1)c1nc(C(=O)NC2(C[C@H](C)C(=O)O)CC2c2ccccc2)cs1. The quantitative estimate of drug-likeness (QED) is 0.198. The average Bonchev–Trinajstić information content (AvgIpc) is 3.53. The summed E-state index contributed by atoms with van der Waals surface area (Å²) in [5, 5.41) is 18.0. The number of carboxylic acids is 1. The van der Waals surface area contributed by atoms with Crippen LogP contribution in [0.15, 0.2) is 35.7 Å². The Kier molecular flexibility index (Phi) is 12.8. The van der Waals surface area contributed by atoms with Crippen LogP contribution in [0.25, 0.3) is 0 Å². The van der Waals surface area contributed by atoms with Gasteiger partial charge in [-0.15, -0.1) is 11.3 Å². The van der Waals surface area contributed by atoms with Crippen molar-refractivity contribution in [3.8, 4) is 0 Å². The highest BCUT2D eigenvalue weighted by atomic mass is 32.1. The molecule has 284 valence electrons. The molecule has 2 aliphatic carbocycles. The lowest BCUT2D eigenvalue weighted by molar-refractivity contribution is -0.149. The van der Waals surface area contributed by atoms with Gasteiger partial charge >= 0.3 is 11.9 Å². The number of rotatable bonds is 16. The molecule has 2 saturated carbocycles. The van der Waals surface area contributed by atoms with Crippen molar-refractivity contribution in [2.45, 2.75) is 121 Å². The van der Waals surface area contributed by atoms with E-state index >= 15 is 0 Å². The molecule has 1 saturated heterocycles. The van der Waals surface area contributed by atoms with Crippen molar-refractivity contribution in [2.75, 3.05) is 20.6 Å². The van der Waals surface area contributed by atoms with E-state index in [-0.39, 0.29) is 60.2 Å². The number of amides is 3. The molecule has 3 N–H and O–H groups in total. The van der Waals surface area contributed by atoms with E-state index in [2.05, 4.69) is 20.5 Å². The number of carbonyl (C=O) groups excluding carboxylic acids is 4. The Hall–Kier alpha value is -3.84. The van der Waals surface area contributed by atoms with E-state index < -0.39 is 41.4 Å². The van der Waals surface area contributed by atoms with Gasteiger partial charge in [-0.2, -0.15) is 0 Å². The molecule has 7 atom stereocenters. The van der Waals surface area contributed by atoms with Crippen LogP contribution in [0, 0.1) is 17.8 Å². The highest BCUT2D eigenvalue weighted by molar-refractivity contribution is 7.09. The summed E-state index contributed by atoms with van der Waals surface area (Å²) >= 11 is 1.20. The van der Waals surface area contributed by atoms with Gasteiger partial charge in [-0.3, -0.25) is 28.9 Å². The first kappa shape index (κ1) is 39.4. The molecule has 0 radical (unpaired) electrons.